The van der Waals surface area contributed by atoms with E-state index in [1.165, 1.54) is 25.7 Å². The van der Waals surface area contributed by atoms with Gasteiger partial charge in [0.2, 0.25) is 11.8 Å². The van der Waals surface area contributed by atoms with Crippen LogP contribution in [0.5, 0.6) is 0 Å². The molecule has 1 aromatic rings. The fourth-order valence-corrected chi connectivity index (χ4v) is 5.30. The topological polar surface area (TPSA) is 90.5 Å². The van der Waals surface area contributed by atoms with Crippen molar-refractivity contribution in [1.82, 2.24) is 20.9 Å². The second-order valence-electron chi connectivity index (χ2n) is 8.90. The van der Waals surface area contributed by atoms with E-state index < -0.39 is 6.04 Å². The SMILES string of the molecule is O=C1CCC(N2Cc3cccc(CNC4(C5CCCNC5)CC4)c3C2=O)C(=O)N1. The maximum Gasteiger partial charge on any atom is 0.255 e. The summed E-state index contributed by atoms with van der Waals surface area (Å²) in [5, 5.41) is 9.66. The Labute approximate surface area is 170 Å². The van der Waals surface area contributed by atoms with Gasteiger partial charge in [-0.3, -0.25) is 19.7 Å². The third kappa shape index (κ3) is 3.36. The Kier molecular flexibility index (Phi) is 4.67. The van der Waals surface area contributed by atoms with Crippen LogP contribution in [0.15, 0.2) is 18.2 Å². The van der Waals surface area contributed by atoms with Crippen molar-refractivity contribution in [3.05, 3.63) is 34.9 Å². The Morgan fingerprint density at radius 2 is 2.03 bits per heavy atom. The van der Waals surface area contributed by atoms with Crippen LogP contribution in [0.4, 0.5) is 0 Å². The van der Waals surface area contributed by atoms with Crippen molar-refractivity contribution < 1.29 is 14.4 Å². The lowest BCUT2D eigenvalue weighted by Gasteiger charge is -2.32. The molecule has 29 heavy (non-hydrogen) atoms. The molecule has 0 aromatic heterocycles. The Morgan fingerprint density at radius 3 is 2.76 bits per heavy atom. The minimum Gasteiger partial charge on any atom is -0.322 e. The molecule has 2 saturated heterocycles. The van der Waals surface area contributed by atoms with Crippen molar-refractivity contribution >= 4 is 17.7 Å². The highest BCUT2D eigenvalue weighted by atomic mass is 16.2. The number of rotatable bonds is 5. The van der Waals surface area contributed by atoms with E-state index in [9.17, 15) is 14.4 Å². The molecule has 1 aliphatic carbocycles. The average Bonchev–Trinajstić information content (AvgIpc) is 3.45. The first-order chi connectivity index (χ1) is 14.1. The number of carbonyl (C=O) groups is 3. The number of hydrogen-bond acceptors (Lipinski definition) is 5. The Hall–Kier alpha value is -2.25. The average molecular weight is 396 g/mol. The third-order valence-corrected chi connectivity index (χ3v) is 7.14. The van der Waals surface area contributed by atoms with Gasteiger partial charge in [0.1, 0.15) is 6.04 Å². The van der Waals surface area contributed by atoms with E-state index in [0.717, 1.165) is 29.8 Å². The van der Waals surface area contributed by atoms with Crippen LogP contribution >= 0.6 is 0 Å². The molecule has 1 aromatic carbocycles. The number of carbonyl (C=O) groups excluding carboxylic acids is 3. The van der Waals surface area contributed by atoms with Crippen molar-refractivity contribution in [1.29, 1.82) is 0 Å². The second-order valence-corrected chi connectivity index (χ2v) is 8.90. The van der Waals surface area contributed by atoms with Gasteiger partial charge in [-0.25, -0.2) is 0 Å². The van der Waals surface area contributed by atoms with Crippen LogP contribution in [-0.4, -0.2) is 47.3 Å². The number of fused-ring (bicyclic) bond motifs is 1. The van der Waals surface area contributed by atoms with Crippen LogP contribution in [0, 0.1) is 5.92 Å². The lowest BCUT2D eigenvalue weighted by Crippen LogP contribution is -2.52. The summed E-state index contributed by atoms with van der Waals surface area (Å²) in [7, 11) is 0. The summed E-state index contributed by atoms with van der Waals surface area (Å²) in [5.74, 6) is -0.0455. The highest BCUT2D eigenvalue weighted by Crippen LogP contribution is 2.45. The molecular weight excluding hydrogens is 368 g/mol. The highest BCUT2D eigenvalue weighted by molar-refractivity contribution is 6.05. The number of nitrogens with one attached hydrogen (secondary N) is 3. The molecule has 2 atom stereocenters. The number of benzene rings is 1. The van der Waals surface area contributed by atoms with Gasteiger partial charge in [-0.1, -0.05) is 18.2 Å². The molecule has 154 valence electrons. The van der Waals surface area contributed by atoms with E-state index in [1.54, 1.807) is 4.90 Å². The number of hydrogen-bond donors (Lipinski definition) is 3. The van der Waals surface area contributed by atoms with Gasteiger partial charge in [0.25, 0.3) is 5.91 Å². The first-order valence-electron chi connectivity index (χ1n) is 10.8. The molecule has 3 fully saturated rings. The van der Waals surface area contributed by atoms with E-state index in [4.69, 9.17) is 0 Å². The minimum atomic E-state index is -0.559. The predicted octanol–water partition coefficient (Wildman–Crippen LogP) is 1.07. The number of nitrogens with zero attached hydrogens (tertiary/aromatic N) is 1. The molecule has 7 nitrogen and oxygen atoms in total. The van der Waals surface area contributed by atoms with Crippen molar-refractivity contribution in [2.75, 3.05) is 13.1 Å². The Morgan fingerprint density at radius 1 is 1.17 bits per heavy atom. The largest absolute Gasteiger partial charge is 0.322 e. The van der Waals surface area contributed by atoms with Crippen LogP contribution in [0.25, 0.3) is 0 Å². The third-order valence-electron chi connectivity index (χ3n) is 7.14. The van der Waals surface area contributed by atoms with Crippen LogP contribution in [-0.2, 0) is 22.7 Å². The van der Waals surface area contributed by atoms with Crippen molar-refractivity contribution in [3.63, 3.8) is 0 Å². The predicted molar refractivity (Wildman–Crippen MR) is 107 cm³/mol. The van der Waals surface area contributed by atoms with Crippen LogP contribution in [0.1, 0.15) is 60.0 Å². The molecule has 3 aliphatic heterocycles. The second kappa shape index (κ2) is 7.22. The number of piperidine rings is 2. The molecule has 0 radical (unpaired) electrons. The molecule has 7 heteroatoms. The van der Waals surface area contributed by atoms with Crippen molar-refractivity contribution in [3.8, 4) is 0 Å². The van der Waals surface area contributed by atoms with Crippen molar-refractivity contribution in [2.24, 2.45) is 5.92 Å². The molecule has 1 saturated carbocycles. The van der Waals surface area contributed by atoms with Gasteiger partial charge < -0.3 is 15.5 Å². The molecule has 3 amide bonds. The van der Waals surface area contributed by atoms with Crippen molar-refractivity contribution in [2.45, 2.75) is 63.2 Å². The Bertz CT molecular complexity index is 858. The number of amides is 3. The Balaban J connectivity index is 1.31. The first kappa shape index (κ1) is 18.8. The summed E-state index contributed by atoms with van der Waals surface area (Å²) in [6.45, 7) is 3.30. The van der Waals surface area contributed by atoms with E-state index in [2.05, 4.69) is 16.0 Å². The van der Waals surface area contributed by atoms with Gasteiger partial charge in [0.15, 0.2) is 0 Å². The maximum absolute atomic E-state index is 13.2. The molecule has 0 bridgehead atoms. The molecule has 4 aliphatic rings. The quantitative estimate of drug-likeness (QED) is 0.648. The molecule has 3 N–H and O–H groups in total. The number of imide groups is 1. The van der Waals surface area contributed by atoms with Gasteiger partial charge in [-0.2, -0.15) is 0 Å². The zero-order valence-corrected chi connectivity index (χ0v) is 16.6. The maximum atomic E-state index is 13.2. The van der Waals surface area contributed by atoms with E-state index in [0.29, 0.717) is 25.4 Å². The lowest BCUT2D eigenvalue weighted by atomic mass is 9.89. The summed E-state index contributed by atoms with van der Waals surface area (Å²) >= 11 is 0. The van der Waals surface area contributed by atoms with E-state index >= 15 is 0 Å². The van der Waals surface area contributed by atoms with Gasteiger partial charge in [-0.05, 0) is 62.2 Å². The molecule has 0 spiro atoms. The van der Waals surface area contributed by atoms with Crippen LogP contribution in [0.3, 0.4) is 0 Å². The van der Waals surface area contributed by atoms with Gasteiger partial charge >= 0.3 is 0 Å². The summed E-state index contributed by atoms with van der Waals surface area (Å²) in [5.41, 5.74) is 2.93. The van der Waals surface area contributed by atoms with Gasteiger partial charge in [0, 0.05) is 30.6 Å². The smallest absolute Gasteiger partial charge is 0.255 e. The summed E-state index contributed by atoms with van der Waals surface area (Å²) in [4.78, 5) is 38.6. The normalized spacial score (nSPS) is 28.3. The van der Waals surface area contributed by atoms with Gasteiger partial charge in [-0.15, -0.1) is 0 Å². The monoisotopic (exact) mass is 396 g/mol. The van der Waals surface area contributed by atoms with E-state index in [-0.39, 0.29) is 29.7 Å². The molecule has 5 rings (SSSR count). The zero-order valence-electron chi connectivity index (χ0n) is 16.6. The minimum absolute atomic E-state index is 0.0870. The lowest BCUT2D eigenvalue weighted by molar-refractivity contribution is -0.136. The van der Waals surface area contributed by atoms with Crippen LogP contribution in [0.2, 0.25) is 0 Å². The van der Waals surface area contributed by atoms with E-state index in [1.807, 2.05) is 18.2 Å². The zero-order chi connectivity index (χ0) is 20.0. The summed E-state index contributed by atoms with van der Waals surface area (Å²) in [6.07, 6.45) is 5.57. The fraction of sp³-hybridized carbons (Fsp3) is 0.591. The summed E-state index contributed by atoms with van der Waals surface area (Å²) < 4.78 is 0. The molecule has 2 unspecified atom stereocenters. The highest BCUT2D eigenvalue weighted by Gasteiger charge is 2.49. The first-order valence-corrected chi connectivity index (χ1v) is 10.8. The fourth-order valence-electron chi connectivity index (χ4n) is 5.30. The summed E-state index contributed by atoms with van der Waals surface area (Å²) in [6, 6.07) is 5.43. The van der Waals surface area contributed by atoms with Gasteiger partial charge in [0.05, 0.1) is 0 Å². The molecular formula is C22H28N4O3. The standard InChI is InChI=1S/C22H28N4O3/c27-18-7-6-17(20(28)25-18)26-13-15-4-1-3-14(19(15)21(26)29)11-24-22(8-9-22)16-5-2-10-23-12-16/h1,3-4,16-17,23-24H,2,5-13H2,(H,25,27,28). The van der Waals surface area contributed by atoms with Crippen LogP contribution < -0.4 is 16.0 Å². The molecule has 3 heterocycles.